The first-order chi connectivity index (χ1) is 19.1. The fraction of sp³-hybridized carbons (Fsp3) is 0.273. The second kappa shape index (κ2) is 12.7. The quantitative estimate of drug-likeness (QED) is 0.187. The van der Waals surface area contributed by atoms with Crippen molar-refractivity contribution >= 4 is 18.6 Å². The summed E-state index contributed by atoms with van der Waals surface area (Å²) in [6, 6.07) is 40.8. The summed E-state index contributed by atoms with van der Waals surface area (Å²) in [6.45, 7) is 10.2. The topological polar surface area (TPSA) is 7.68 Å². The summed E-state index contributed by atoms with van der Waals surface area (Å²) < 4.78 is 39.0. The highest BCUT2D eigenvalue weighted by Crippen LogP contribution is 2.42. The number of nitrogens with one attached hydrogen (secondary N) is 1. The number of nitrogens with zero attached hydrogens (tertiary/aromatic N) is 1. The lowest BCUT2D eigenvalue weighted by Crippen LogP contribution is -3.06. The van der Waals surface area contributed by atoms with Gasteiger partial charge in [0.2, 0.25) is 0 Å². The van der Waals surface area contributed by atoms with E-state index < -0.39 is 7.25 Å². The van der Waals surface area contributed by atoms with Crippen LogP contribution < -0.4 is 9.80 Å². The highest BCUT2D eigenvalue weighted by Gasteiger charge is 2.47. The molecule has 210 valence electrons. The fourth-order valence-corrected chi connectivity index (χ4v) is 5.84. The van der Waals surface area contributed by atoms with Crippen molar-refractivity contribution in [3.05, 3.63) is 131 Å². The van der Waals surface area contributed by atoms with Crippen LogP contribution in [0, 0.1) is 0 Å². The van der Waals surface area contributed by atoms with Gasteiger partial charge in [0.25, 0.3) is 0 Å². The van der Waals surface area contributed by atoms with Crippen molar-refractivity contribution in [1.82, 2.24) is 0 Å². The van der Waals surface area contributed by atoms with Crippen LogP contribution in [-0.2, 0) is 0 Å². The minimum absolute atomic E-state index is 0.230. The third kappa shape index (κ3) is 6.94. The van der Waals surface area contributed by atoms with Crippen molar-refractivity contribution in [1.29, 1.82) is 0 Å². The molecule has 40 heavy (non-hydrogen) atoms. The molecule has 3 atom stereocenters. The molecule has 4 aromatic rings. The van der Waals surface area contributed by atoms with Crippen LogP contribution in [0.2, 0.25) is 0 Å². The van der Waals surface area contributed by atoms with E-state index in [9.17, 15) is 17.3 Å². The third-order valence-corrected chi connectivity index (χ3v) is 7.46. The molecule has 1 N–H and O–H groups in total. The Morgan fingerprint density at radius 2 is 1.07 bits per heavy atom. The van der Waals surface area contributed by atoms with E-state index in [1.165, 1.54) is 38.5 Å². The van der Waals surface area contributed by atoms with Crippen LogP contribution in [0.4, 0.5) is 28.6 Å². The van der Waals surface area contributed by atoms with Crippen molar-refractivity contribution in [2.24, 2.45) is 0 Å². The molecule has 0 aliphatic carbocycles. The Morgan fingerprint density at radius 3 is 1.62 bits per heavy atom. The summed E-state index contributed by atoms with van der Waals surface area (Å²) in [5.41, 5.74) is 8.39. The second-order valence-electron chi connectivity index (χ2n) is 10.8. The van der Waals surface area contributed by atoms with E-state index in [0.29, 0.717) is 11.8 Å². The van der Waals surface area contributed by atoms with Crippen LogP contribution in [0.1, 0.15) is 73.9 Å². The van der Waals surface area contributed by atoms with E-state index in [0.717, 1.165) is 6.67 Å². The second-order valence-corrected chi connectivity index (χ2v) is 10.8. The Labute approximate surface area is 235 Å². The molecule has 0 aromatic heterocycles. The molecule has 0 radical (unpaired) electrons. The van der Waals surface area contributed by atoms with Gasteiger partial charge in [-0.1, -0.05) is 125 Å². The van der Waals surface area contributed by atoms with E-state index in [4.69, 9.17) is 0 Å². The van der Waals surface area contributed by atoms with Gasteiger partial charge in [-0.05, 0) is 35.1 Å². The zero-order chi connectivity index (χ0) is 28.9. The van der Waals surface area contributed by atoms with Gasteiger partial charge in [-0.2, -0.15) is 0 Å². The molecule has 3 unspecified atom stereocenters. The molecule has 0 spiro atoms. The van der Waals surface area contributed by atoms with E-state index in [1.807, 2.05) is 0 Å². The molecule has 4 aromatic carbocycles. The van der Waals surface area contributed by atoms with Crippen LogP contribution in [0.25, 0.3) is 0 Å². The lowest BCUT2D eigenvalue weighted by molar-refractivity contribution is -0.853. The average molecular weight is 548 g/mol. The third-order valence-electron chi connectivity index (χ3n) is 7.46. The smallest absolute Gasteiger partial charge is 0.418 e. The van der Waals surface area contributed by atoms with E-state index in [2.05, 4.69) is 142 Å². The van der Waals surface area contributed by atoms with E-state index >= 15 is 0 Å². The summed E-state index contributed by atoms with van der Waals surface area (Å²) in [5.74, 6) is 0.937. The zero-order valence-corrected chi connectivity index (χ0v) is 23.4. The van der Waals surface area contributed by atoms with E-state index in [1.54, 1.807) is 0 Å². The molecule has 2 nitrogen and oxygen atoms in total. The van der Waals surface area contributed by atoms with Gasteiger partial charge in [0.15, 0.2) is 6.67 Å². The number of para-hydroxylation sites is 2. The van der Waals surface area contributed by atoms with Crippen LogP contribution in [0.15, 0.2) is 109 Å². The van der Waals surface area contributed by atoms with Gasteiger partial charge in [0, 0.05) is 16.8 Å². The zero-order valence-electron chi connectivity index (χ0n) is 23.4. The number of hydrogen-bond acceptors (Lipinski definition) is 1. The Morgan fingerprint density at radius 1 is 0.625 bits per heavy atom. The van der Waals surface area contributed by atoms with Gasteiger partial charge in [0.05, 0.1) is 0 Å². The molecular formula is C33H37BF4N2. The van der Waals surface area contributed by atoms with Gasteiger partial charge in [0.1, 0.15) is 17.8 Å². The standard InChI is InChI=1S/C33H36N2.BF4/c1-24(2)28-19-11-13-21-30(28)34-23-35(31-22-14-12-20-29(31)25(3)4)33(27-17-9-6-10-18-27)32(34)26-15-7-5-8-16-26;2-1(3,4)5/h5-22,24-25,32-33H,23H2,1-4H3;/q;-1/p+1. The first kappa shape index (κ1) is 29.4. The van der Waals surface area contributed by atoms with Crippen LogP contribution in [0.5, 0.6) is 0 Å². The molecular weight excluding hydrogens is 511 g/mol. The van der Waals surface area contributed by atoms with Gasteiger partial charge in [-0.3, -0.25) is 4.90 Å². The number of anilines is 1. The SMILES string of the molecule is CC(C)c1ccccc1N1C[NH+](c2ccccc2C(C)C)C(c2ccccc2)C1c1ccccc1.F[B-](F)(F)F. The highest BCUT2D eigenvalue weighted by molar-refractivity contribution is 6.50. The number of quaternary nitrogens is 1. The van der Waals surface area contributed by atoms with Crippen molar-refractivity contribution in [3.8, 4) is 0 Å². The van der Waals surface area contributed by atoms with Crippen LogP contribution >= 0.6 is 0 Å². The van der Waals surface area contributed by atoms with Crippen LogP contribution in [0.3, 0.4) is 0 Å². The Kier molecular flexibility index (Phi) is 9.36. The molecule has 1 saturated heterocycles. The first-order valence-electron chi connectivity index (χ1n) is 13.8. The Hall–Kier alpha value is -3.58. The maximum Gasteiger partial charge on any atom is 0.673 e. The monoisotopic (exact) mass is 548 g/mol. The van der Waals surface area contributed by atoms with Gasteiger partial charge < -0.3 is 22.2 Å². The Bertz CT molecular complexity index is 1250. The minimum Gasteiger partial charge on any atom is -0.418 e. The lowest BCUT2D eigenvalue weighted by atomic mass is 9.91. The lowest BCUT2D eigenvalue weighted by Gasteiger charge is -2.29. The summed E-state index contributed by atoms with van der Waals surface area (Å²) in [4.78, 5) is 4.20. The predicted molar refractivity (Wildman–Crippen MR) is 158 cm³/mol. The molecule has 0 saturated carbocycles. The van der Waals surface area contributed by atoms with Gasteiger partial charge >= 0.3 is 7.25 Å². The molecule has 1 heterocycles. The Balaban J connectivity index is 0.000000681. The summed E-state index contributed by atoms with van der Waals surface area (Å²) in [5, 5.41) is 0. The molecule has 0 amide bonds. The number of benzene rings is 4. The molecule has 0 bridgehead atoms. The summed E-state index contributed by atoms with van der Waals surface area (Å²) >= 11 is 0. The van der Waals surface area contributed by atoms with Gasteiger partial charge in [-0.15, -0.1) is 0 Å². The fourth-order valence-electron chi connectivity index (χ4n) is 5.84. The number of halogens is 4. The van der Waals surface area contributed by atoms with Crippen LogP contribution in [-0.4, -0.2) is 13.9 Å². The molecule has 1 fully saturated rings. The maximum atomic E-state index is 9.75. The van der Waals surface area contributed by atoms with E-state index in [-0.39, 0.29) is 12.1 Å². The summed E-state index contributed by atoms with van der Waals surface area (Å²) in [6.07, 6.45) is 0. The minimum atomic E-state index is -6.00. The molecule has 5 rings (SSSR count). The van der Waals surface area contributed by atoms with Gasteiger partial charge in [-0.25, -0.2) is 0 Å². The number of rotatable bonds is 6. The van der Waals surface area contributed by atoms with Crippen molar-refractivity contribution in [2.75, 3.05) is 11.6 Å². The summed E-state index contributed by atoms with van der Waals surface area (Å²) in [7, 11) is -6.00. The molecule has 1 aliphatic rings. The first-order valence-corrected chi connectivity index (χ1v) is 13.8. The molecule has 7 heteroatoms. The predicted octanol–water partition coefficient (Wildman–Crippen LogP) is 8.71. The van der Waals surface area contributed by atoms with Crippen molar-refractivity contribution in [2.45, 2.75) is 51.6 Å². The maximum absolute atomic E-state index is 9.75. The van der Waals surface area contributed by atoms with Crippen molar-refractivity contribution in [3.63, 3.8) is 0 Å². The highest BCUT2D eigenvalue weighted by atomic mass is 19.5. The van der Waals surface area contributed by atoms with Crippen molar-refractivity contribution < 1.29 is 22.2 Å². The normalized spacial score (nSPS) is 19.1. The molecule has 1 aliphatic heterocycles. The average Bonchev–Trinajstić information content (AvgIpc) is 3.33. The largest absolute Gasteiger partial charge is 0.673 e. The number of hydrogen-bond donors (Lipinski definition) is 1.